The summed E-state index contributed by atoms with van der Waals surface area (Å²) in [4.78, 5) is 0. The Labute approximate surface area is 123 Å². The van der Waals surface area contributed by atoms with E-state index in [1.54, 1.807) is 30.3 Å². The zero-order valence-electron chi connectivity index (χ0n) is 12.0. The molecule has 0 bridgehead atoms. The van der Waals surface area contributed by atoms with Crippen LogP contribution < -0.4 is 9.47 Å². The van der Waals surface area contributed by atoms with Crippen LogP contribution in [0.4, 0.5) is 0 Å². The second kappa shape index (κ2) is 6.26. The molecule has 0 aromatic heterocycles. The molecule has 2 rings (SSSR count). The van der Waals surface area contributed by atoms with E-state index >= 15 is 0 Å². The molecule has 0 heterocycles. The van der Waals surface area contributed by atoms with Gasteiger partial charge in [0.05, 0.1) is 14.2 Å². The number of phenolic OH excluding ortho intramolecular Hbond substituents is 3. The van der Waals surface area contributed by atoms with Gasteiger partial charge in [0.15, 0.2) is 23.0 Å². The Morgan fingerprint density at radius 1 is 0.762 bits per heavy atom. The fourth-order valence-corrected chi connectivity index (χ4v) is 2.17. The van der Waals surface area contributed by atoms with Gasteiger partial charge in [0.2, 0.25) is 5.75 Å². The minimum absolute atomic E-state index is 0.0741. The molecule has 0 fully saturated rings. The number of hydrogen-bond acceptors (Lipinski definition) is 5. The molecule has 3 N–H and O–H groups in total. The van der Waals surface area contributed by atoms with Crippen LogP contribution in [-0.2, 0) is 12.8 Å². The molecule has 0 saturated carbocycles. The molecule has 0 radical (unpaired) electrons. The molecule has 0 aliphatic carbocycles. The Morgan fingerprint density at radius 3 is 1.95 bits per heavy atom. The Balaban J connectivity index is 2.13. The quantitative estimate of drug-likeness (QED) is 0.789. The van der Waals surface area contributed by atoms with Crippen LogP contribution in [0.15, 0.2) is 30.3 Å². The highest BCUT2D eigenvalue weighted by Crippen LogP contribution is 2.37. The van der Waals surface area contributed by atoms with Crippen molar-refractivity contribution >= 4 is 0 Å². The second-order valence-electron chi connectivity index (χ2n) is 4.67. The summed E-state index contributed by atoms with van der Waals surface area (Å²) in [5.74, 6) is 0.422. The minimum atomic E-state index is -0.0872. The van der Waals surface area contributed by atoms with Gasteiger partial charge in [0.1, 0.15) is 0 Å². The van der Waals surface area contributed by atoms with Crippen LogP contribution in [0.2, 0.25) is 0 Å². The van der Waals surface area contributed by atoms with Gasteiger partial charge >= 0.3 is 0 Å². The van der Waals surface area contributed by atoms with E-state index < -0.39 is 0 Å². The van der Waals surface area contributed by atoms with E-state index in [4.69, 9.17) is 9.47 Å². The molecule has 5 nitrogen and oxygen atoms in total. The molecular formula is C16H18O5. The van der Waals surface area contributed by atoms with Gasteiger partial charge < -0.3 is 24.8 Å². The molecule has 21 heavy (non-hydrogen) atoms. The van der Waals surface area contributed by atoms with Gasteiger partial charge in [-0.05, 0) is 48.2 Å². The number of ether oxygens (including phenoxy) is 2. The summed E-state index contributed by atoms with van der Waals surface area (Å²) in [7, 11) is 2.88. The SMILES string of the molecule is COc1cc(CCc2cc(O)c(OC)c(O)c2)ccc1O. The number of aryl methyl sites for hydroxylation is 2. The first-order chi connectivity index (χ1) is 10.0. The van der Waals surface area contributed by atoms with Crippen molar-refractivity contribution in [3.63, 3.8) is 0 Å². The van der Waals surface area contributed by atoms with Crippen LogP contribution in [0, 0.1) is 0 Å². The van der Waals surface area contributed by atoms with Crippen molar-refractivity contribution in [1.29, 1.82) is 0 Å². The second-order valence-corrected chi connectivity index (χ2v) is 4.67. The van der Waals surface area contributed by atoms with Gasteiger partial charge in [-0.15, -0.1) is 0 Å². The van der Waals surface area contributed by atoms with Crippen LogP contribution in [0.5, 0.6) is 28.7 Å². The third-order valence-electron chi connectivity index (χ3n) is 3.26. The molecule has 0 aliphatic rings. The minimum Gasteiger partial charge on any atom is -0.504 e. The number of rotatable bonds is 5. The topological polar surface area (TPSA) is 79.2 Å². The molecule has 0 aliphatic heterocycles. The standard InChI is InChI=1S/C16H18O5/c1-20-15-9-10(5-6-12(15)17)3-4-11-7-13(18)16(21-2)14(19)8-11/h5-9,17-19H,3-4H2,1-2H3. The van der Waals surface area contributed by atoms with E-state index in [9.17, 15) is 15.3 Å². The first kappa shape index (κ1) is 14.8. The van der Waals surface area contributed by atoms with Gasteiger partial charge in [0, 0.05) is 0 Å². The van der Waals surface area contributed by atoms with Crippen LogP contribution in [0.1, 0.15) is 11.1 Å². The van der Waals surface area contributed by atoms with Crippen molar-refractivity contribution < 1.29 is 24.8 Å². The van der Waals surface area contributed by atoms with Crippen molar-refractivity contribution in [2.45, 2.75) is 12.8 Å². The Bertz CT molecular complexity index is 614. The molecule has 0 spiro atoms. The first-order valence-electron chi connectivity index (χ1n) is 6.50. The number of hydrogen-bond donors (Lipinski definition) is 3. The summed E-state index contributed by atoms with van der Waals surface area (Å²) in [5, 5.41) is 29.0. The van der Waals surface area contributed by atoms with E-state index in [-0.39, 0.29) is 23.0 Å². The van der Waals surface area contributed by atoms with Gasteiger partial charge in [-0.3, -0.25) is 0 Å². The highest BCUT2D eigenvalue weighted by atomic mass is 16.5. The fourth-order valence-electron chi connectivity index (χ4n) is 2.17. The summed E-state index contributed by atoms with van der Waals surface area (Å²) in [6, 6.07) is 8.28. The number of aromatic hydroxyl groups is 3. The summed E-state index contributed by atoms with van der Waals surface area (Å²) in [6.45, 7) is 0. The molecule has 0 atom stereocenters. The first-order valence-corrected chi connectivity index (χ1v) is 6.50. The predicted octanol–water partition coefficient (Wildman–Crippen LogP) is 2.61. The average Bonchev–Trinajstić information content (AvgIpc) is 2.46. The third-order valence-corrected chi connectivity index (χ3v) is 3.26. The van der Waals surface area contributed by atoms with Crippen LogP contribution in [-0.4, -0.2) is 29.5 Å². The van der Waals surface area contributed by atoms with Crippen molar-refractivity contribution in [2.24, 2.45) is 0 Å². The van der Waals surface area contributed by atoms with Gasteiger partial charge in [-0.25, -0.2) is 0 Å². The van der Waals surface area contributed by atoms with E-state index in [0.717, 1.165) is 11.1 Å². The Kier molecular flexibility index (Phi) is 4.42. The number of methoxy groups -OCH3 is 2. The molecule has 0 amide bonds. The summed E-state index contributed by atoms with van der Waals surface area (Å²) in [6.07, 6.45) is 1.31. The van der Waals surface area contributed by atoms with Gasteiger partial charge in [-0.1, -0.05) is 6.07 Å². The van der Waals surface area contributed by atoms with Crippen LogP contribution >= 0.6 is 0 Å². The third kappa shape index (κ3) is 3.31. The highest BCUT2D eigenvalue weighted by Gasteiger charge is 2.10. The lowest BCUT2D eigenvalue weighted by molar-refractivity contribution is 0.344. The maximum Gasteiger partial charge on any atom is 0.202 e. The zero-order valence-corrected chi connectivity index (χ0v) is 12.0. The van der Waals surface area contributed by atoms with Crippen molar-refractivity contribution in [3.05, 3.63) is 41.5 Å². The summed E-state index contributed by atoms with van der Waals surface area (Å²) < 4.78 is 9.95. The zero-order chi connectivity index (χ0) is 15.4. The maximum absolute atomic E-state index is 9.75. The number of phenols is 3. The lowest BCUT2D eigenvalue weighted by atomic mass is 10.0. The van der Waals surface area contributed by atoms with Crippen molar-refractivity contribution in [2.75, 3.05) is 14.2 Å². The lowest BCUT2D eigenvalue weighted by Gasteiger charge is -2.10. The van der Waals surface area contributed by atoms with Crippen molar-refractivity contribution in [1.82, 2.24) is 0 Å². The van der Waals surface area contributed by atoms with Gasteiger partial charge in [-0.2, -0.15) is 0 Å². The van der Waals surface area contributed by atoms with Crippen LogP contribution in [0.25, 0.3) is 0 Å². The molecular weight excluding hydrogens is 272 g/mol. The van der Waals surface area contributed by atoms with Crippen molar-refractivity contribution in [3.8, 4) is 28.7 Å². The number of benzene rings is 2. The molecule has 2 aromatic rings. The van der Waals surface area contributed by atoms with Crippen LogP contribution in [0.3, 0.4) is 0 Å². The maximum atomic E-state index is 9.75. The van der Waals surface area contributed by atoms with E-state index in [1.165, 1.54) is 14.2 Å². The average molecular weight is 290 g/mol. The molecule has 5 heteroatoms. The van der Waals surface area contributed by atoms with E-state index in [0.29, 0.717) is 18.6 Å². The summed E-state index contributed by atoms with van der Waals surface area (Å²) >= 11 is 0. The monoisotopic (exact) mass is 290 g/mol. The largest absolute Gasteiger partial charge is 0.504 e. The highest BCUT2D eigenvalue weighted by molar-refractivity contribution is 5.52. The smallest absolute Gasteiger partial charge is 0.202 e. The fraction of sp³-hybridized carbons (Fsp3) is 0.250. The molecule has 0 unspecified atom stereocenters. The van der Waals surface area contributed by atoms with E-state index in [1.807, 2.05) is 0 Å². The van der Waals surface area contributed by atoms with E-state index in [2.05, 4.69) is 0 Å². The Morgan fingerprint density at radius 2 is 1.38 bits per heavy atom. The normalized spacial score (nSPS) is 10.4. The van der Waals surface area contributed by atoms with Gasteiger partial charge in [0.25, 0.3) is 0 Å². The predicted molar refractivity (Wildman–Crippen MR) is 78.4 cm³/mol. The molecule has 112 valence electrons. The Hall–Kier alpha value is -2.56. The molecule has 2 aromatic carbocycles. The molecule has 0 saturated heterocycles. The lowest BCUT2D eigenvalue weighted by Crippen LogP contribution is -1.94. The summed E-state index contributed by atoms with van der Waals surface area (Å²) in [5.41, 5.74) is 1.78.